The summed E-state index contributed by atoms with van der Waals surface area (Å²) in [5.41, 5.74) is 1.11. The summed E-state index contributed by atoms with van der Waals surface area (Å²) in [6, 6.07) is 3.40. The van der Waals surface area contributed by atoms with Gasteiger partial charge in [0.15, 0.2) is 11.5 Å². The van der Waals surface area contributed by atoms with Gasteiger partial charge in [-0.3, -0.25) is 0 Å². The van der Waals surface area contributed by atoms with E-state index in [-0.39, 0.29) is 35.7 Å². The minimum Gasteiger partial charge on any atom is -0.504 e. The molecule has 1 aromatic carbocycles. The first-order valence-corrected chi connectivity index (χ1v) is 7.86. The average Bonchev–Trinajstić information content (AvgIpc) is 2.66. The normalized spacial score (nSPS) is 49.2. The number of fused-ring (bicyclic) bond motifs is 5. The molecule has 21 heavy (non-hydrogen) atoms. The monoisotopic (exact) mass is 291 g/mol. The predicted octanol–water partition coefficient (Wildman–Crippen LogP) is 3.31. The van der Waals surface area contributed by atoms with Gasteiger partial charge in [-0.15, -0.1) is 0 Å². The molecule has 0 bridgehead atoms. The summed E-state index contributed by atoms with van der Waals surface area (Å²) in [5, 5.41) is 30.6. The zero-order valence-corrected chi connectivity index (χ0v) is 12.3. The van der Waals surface area contributed by atoms with Crippen LogP contribution in [0.4, 0.5) is 0 Å². The number of aromatic hydroxyl groups is 2. The van der Waals surface area contributed by atoms with Crippen molar-refractivity contribution in [1.82, 2.24) is 0 Å². The Morgan fingerprint density at radius 3 is 2.90 bits per heavy atom. The smallest absolute Gasteiger partial charge is 0.160 e. The summed E-state index contributed by atoms with van der Waals surface area (Å²) in [7, 11) is 0. The summed E-state index contributed by atoms with van der Waals surface area (Å²) in [6.45, 7) is 1.87. The van der Waals surface area contributed by atoms with Crippen LogP contribution in [0.2, 0.25) is 0 Å². The van der Waals surface area contributed by atoms with Gasteiger partial charge in [0.2, 0.25) is 0 Å². The number of hydrogen-bond donors (Lipinski definition) is 3. The molecule has 0 amide bonds. The Kier molecular flexibility index (Phi) is 2.19. The van der Waals surface area contributed by atoms with E-state index in [0.717, 1.165) is 24.0 Å². The molecule has 3 aliphatic rings. The molecule has 0 aromatic heterocycles. The van der Waals surface area contributed by atoms with Crippen LogP contribution in [0.3, 0.4) is 0 Å². The first-order valence-electron chi connectivity index (χ1n) is 9.36. The number of benzene rings is 1. The van der Waals surface area contributed by atoms with Gasteiger partial charge in [-0.05, 0) is 73.3 Å². The Labute approximate surface area is 129 Å². The highest BCUT2D eigenvalue weighted by Crippen LogP contribution is 2.61. The third-order valence-electron chi connectivity index (χ3n) is 6.28. The largest absolute Gasteiger partial charge is 0.504 e. The zero-order chi connectivity index (χ0) is 17.5. The molecule has 0 saturated heterocycles. The third kappa shape index (κ3) is 1.70. The van der Waals surface area contributed by atoms with Crippen LogP contribution in [-0.4, -0.2) is 21.4 Å². The van der Waals surface area contributed by atoms with Crippen molar-refractivity contribution in [2.24, 2.45) is 17.3 Å². The lowest BCUT2D eigenvalue weighted by Gasteiger charge is -2.50. The van der Waals surface area contributed by atoms with Crippen LogP contribution < -0.4 is 0 Å². The number of aliphatic hydroxyl groups is 1. The summed E-state index contributed by atoms with van der Waals surface area (Å²) >= 11 is 0. The van der Waals surface area contributed by atoms with Crippen molar-refractivity contribution >= 4 is 0 Å². The number of hydrogen-bond acceptors (Lipinski definition) is 3. The maximum absolute atomic E-state index is 10.7. The molecule has 114 valence electrons. The lowest BCUT2D eigenvalue weighted by Crippen LogP contribution is -2.43. The molecule has 4 rings (SSSR count). The van der Waals surface area contributed by atoms with Crippen molar-refractivity contribution in [2.75, 3.05) is 0 Å². The number of phenolic OH excluding ortho intramolecular Hbond substituents is 2. The minimum atomic E-state index is -2.06. The molecule has 0 aliphatic heterocycles. The van der Waals surface area contributed by atoms with Gasteiger partial charge in [0, 0.05) is 8.30 Å². The first kappa shape index (κ1) is 10.5. The average molecular weight is 291 g/mol. The molecule has 3 heteroatoms. The second-order valence-electron chi connectivity index (χ2n) is 7.10. The topological polar surface area (TPSA) is 60.7 Å². The molecule has 0 heterocycles. The molecule has 1 aromatic rings. The molecule has 2 fully saturated rings. The van der Waals surface area contributed by atoms with Crippen molar-refractivity contribution in [3.8, 4) is 11.5 Å². The lowest BCUT2D eigenvalue weighted by molar-refractivity contribution is -0.0227. The van der Waals surface area contributed by atoms with Gasteiger partial charge in [-0.2, -0.15) is 0 Å². The molecule has 0 spiro atoms. The predicted molar refractivity (Wildman–Crippen MR) is 80.4 cm³/mol. The fourth-order valence-corrected chi connectivity index (χ4v) is 5.04. The summed E-state index contributed by atoms with van der Waals surface area (Å²) in [5.74, 6) is 0.235. The minimum absolute atomic E-state index is 0.0296. The Bertz CT molecular complexity index is 703. The maximum atomic E-state index is 10.7. The Morgan fingerprint density at radius 2 is 2.10 bits per heavy atom. The van der Waals surface area contributed by atoms with Gasteiger partial charge >= 0.3 is 0 Å². The fourth-order valence-electron chi connectivity index (χ4n) is 5.04. The quantitative estimate of drug-likeness (QED) is 0.643. The van der Waals surface area contributed by atoms with Crippen molar-refractivity contribution in [2.45, 2.75) is 57.4 Å². The van der Waals surface area contributed by atoms with Crippen molar-refractivity contribution in [1.29, 1.82) is 0 Å². The van der Waals surface area contributed by atoms with Gasteiger partial charge in [0.25, 0.3) is 0 Å². The molecule has 3 N–H and O–H groups in total. The maximum Gasteiger partial charge on any atom is 0.160 e. The zero-order valence-electron chi connectivity index (χ0n) is 15.3. The van der Waals surface area contributed by atoms with Crippen LogP contribution in [0, 0.1) is 17.3 Å². The molecule has 2 saturated carbocycles. The summed E-state index contributed by atoms with van der Waals surface area (Å²) < 4.78 is 24.7. The van der Waals surface area contributed by atoms with Crippen LogP contribution in [0.15, 0.2) is 12.1 Å². The van der Waals surface area contributed by atoms with E-state index in [0.29, 0.717) is 12.8 Å². The molecule has 0 unspecified atom stereocenters. The second-order valence-corrected chi connectivity index (χ2v) is 7.10. The Balaban J connectivity index is 1.77. The van der Waals surface area contributed by atoms with E-state index in [4.69, 9.17) is 4.11 Å². The van der Waals surface area contributed by atoms with Gasteiger partial charge in [-0.1, -0.05) is 13.0 Å². The van der Waals surface area contributed by atoms with Crippen LogP contribution in [0.1, 0.15) is 60.1 Å². The van der Waals surface area contributed by atoms with Crippen LogP contribution in [0.25, 0.3) is 0 Å². The van der Waals surface area contributed by atoms with Crippen LogP contribution in [-0.2, 0) is 6.42 Å². The van der Waals surface area contributed by atoms with Crippen molar-refractivity contribution < 1.29 is 19.4 Å². The summed E-state index contributed by atoms with van der Waals surface area (Å²) in [6.07, 6.45) is -0.953. The van der Waals surface area contributed by atoms with E-state index < -0.39 is 17.9 Å². The standard InChI is InChI=1S/C18H24O3/c1-18-9-8-11-10-4-6-15(19)17(21)13(10)3-2-12(11)14(18)5-7-16(18)20/h4,6,11-12,14,16,19-21H,2-3,5,7-9H2,1H3/t11-,12-,14+,16+,18+/m0/s1/i7D2,16D. The fraction of sp³-hybridized carbons (Fsp3) is 0.667. The van der Waals surface area contributed by atoms with Gasteiger partial charge < -0.3 is 15.3 Å². The van der Waals surface area contributed by atoms with E-state index in [1.54, 1.807) is 0 Å². The Morgan fingerprint density at radius 1 is 1.29 bits per heavy atom. The van der Waals surface area contributed by atoms with Crippen molar-refractivity contribution in [3.05, 3.63) is 23.3 Å². The summed E-state index contributed by atoms with van der Waals surface area (Å²) in [4.78, 5) is 0. The van der Waals surface area contributed by atoms with E-state index in [9.17, 15) is 15.3 Å². The van der Waals surface area contributed by atoms with Gasteiger partial charge in [-0.25, -0.2) is 0 Å². The van der Waals surface area contributed by atoms with Crippen LogP contribution in [0.5, 0.6) is 11.5 Å². The lowest BCUT2D eigenvalue weighted by atomic mass is 9.55. The highest BCUT2D eigenvalue weighted by Gasteiger charge is 2.54. The molecule has 5 atom stereocenters. The van der Waals surface area contributed by atoms with Gasteiger partial charge in [0.1, 0.15) is 0 Å². The highest BCUT2D eigenvalue weighted by atomic mass is 16.3. The van der Waals surface area contributed by atoms with Gasteiger partial charge in [0.05, 0.1) is 7.45 Å². The highest BCUT2D eigenvalue weighted by molar-refractivity contribution is 5.51. The molecular formula is C18H24O3. The molecule has 3 aliphatic carbocycles. The van der Waals surface area contributed by atoms with E-state index in [2.05, 4.69) is 0 Å². The first-order chi connectivity index (χ1) is 11.1. The molecule has 3 nitrogen and oxygen atoms in total. The van der Waals surface area contributed by atoms with Crippen LogP contribution >= 0.6 is 0 Å². The molecular weight excluding hydrogens is 264 g/mol. The van der Waals surface area contributed by atoms with E-state index in [1.165, 1.54) is 6.07 Å². The third-order valence-corrected chi connectivity index (χ3v) is 6.28. The number of rotatable bonds is 0. The van der Waals surface area contributed by atoms with Crippen molar-refractivity contribution in [3.63, 3.8) is 0 Å². The SMILES string of the molecule is [2H]C1([2H])C[C@@H]2[C@H]3CCc4c(ccc(O)c4O)[C@@H]3CC[C@@]2(C)[C@]1([2H])O. The van der Waals surface area contributed by atoms with E-state index >= 15 is 0 Å². The van der Waals surface area contributed by atoms with E-state index in [1.807, 2.05) is 13.0 Å². The Hall–Kier alpha value is -1.22. The number of phenols is 2. The second kappa shape index (κ2) is 4.39. The molecule has 0 radical (unpaired) electrons.